The predicted molar refractivity (Wildman–Crippen MR) is 190 cm³/mol. The molecule has 0 saturated carbocycles. The largest absolute Gasteiger partial charge is 0.307 e. The van der Waals surface area contributed by atoms with E-state index in [1.165, 1.54) is 4.90 Å². The third-order valence-corrected chi connectivity index (χ3v) is 9.16. The Bertz CT molecular complexity index is 2440. The first-order chi connectivity index (χ1) is 23.7. The zero-order valence-electron chi connectivity index (χ0n) is 25.6. The fourth-order valence-corrected chi connectivity index (χ4v) is 7.09. The summed E-state index contributed by atoms with van der Waals surface area (Å²) < 4.78 is 2.17. The van der Waals surface area contributed by atoms with E-state index in [1.807, 2.05) is 91.0 Å². The van der Waals surface area contributed by atoms with Gasteiger partial charge >= 0.3 is 0 Å². The van der Waals surface area contributed by atoms with E-state index in [0.29, 0.717) is 22.5 Å². The Morgan fingerprint density at radius 2 is 0.875 bits per heavy atom. The van der Waals surface area contributed by atoms with E-state index in [9.17, 15) is 9.59 Å². The van der Waals surface area contributed by atoms with Crippen molar-refractivity contribution >= 4 is 39.3 Å². The molecule has 0 saturated heterocycles. The van der Waals surface area contributed by atoms with Crippen LogP contribution in [0, 0.1) is 0 Å². The van der Waals surface area contributed by atoms with Crippen molar-refractivity contribution in [3.8, 4) is 39.1 Å². The Kier molecular flexibility index (Phi) is 6.33. The molecule has 0 bridgehead atoms. The maximum absolute atomic E-state index is 14.8. The van der Waals surface area contributed by atoms with Crippen LogP contribution in [0.15, 0.2) is 158 Å². The number of nitrogens with zero attached hydrogens (tertiary/aromatic N) is 4. The number of amides is 2. The lowest BCUT2D eigenvalue weighted by Gasteiger charge is -2.19. The highest BCUT2D eigenvalue weighted by molar-refractivity contribution is 6.36. The number of rotatable bonds is 5. The number of anilines is 1. The highest BCUT2D eigenvalue weighted by Crippen LogP contribution is 2.44. The number of pyridine rings is 2. The number of hydrogen-bond acceptors (Lipinski definition) is 4. The minimum Gasteiger partial charge on any atom is -0.307 e. The van der Waals surface area contributed by atoms with Crippen molar-refractivity contribution in [3.05, 3.63) is 169 Å². The normalized spacial score (nSPS) is 12.6. The molecule has 0 N–H and O–H groups in total. The summed E-state index contributed by atoms with van der Waals surface area (Å²) >= 11 is 0. The molecule has 0 unspecified atom stereocenters. The van der Waals surface area contributed by atoms with Gasteiger partial charge in [0.15, 0.2) is 0 Å². The Balaban J connectivity index is 1.36. The number of aromatic nitrogens is 3. The molecule has 3 aromatic heterocycles. The van der Waals surface area contributed by atoms with E-state index < -0.39 is 0 Å². The molecule has 6 heteroatoms. The summed E-state index contributed by atoms with van der Waals surface area (Å²) in [7, 11) is 0. The minimum absolute atomic E-state index is 0.343. The first-order valence-electron chi connectivity index (χ1n) is 15.7. The maximum Gasteiger partial charge on any atom is 0.268 e. The zero-order valence-corrected chi connectivity index (χ0v) is 25.6. The molecule has 6 nitrogen and oxygen atoms in total. The lowest BCUT2D eigenvalue weighted by Crippen LogP contribution is -2.30. The van der Waals surface area contributed by atoms with Crippen LogP contribution < -0.4 is 4.90 Å². The summed E-state index contributed by atoms with van der Waals surface area (Å²) in [6, 6.07) is 43.5. The van der Waals surface area contributed by atoms with E-state index in [4.69, 9.17) is 0 Å². The smallest absolute Gasteiger partial charge is 0.268 e. The van der Waals surface area contributed by atoms with Crippen LogP contribution in [0.5, 0.6) is 0 Å². The SMILES string of the molecule is O=C1c2cccc(-n3c4c(-c5ccncc5)cccc4c4cccc(-c5ccncc5)c43)c2C(=O)N1c1ccccc1-c1ccccc1. The first kappa shape index (κ1) is 27.6. The molecule has 1 aliphatic rings. The number of carbonyl (C=O) groups is 2. The second-order valence-corrected chi connectivity index (χ2v) is 11.7. The van der Waals surface area contributed by atoms with Crippen LogP contribution in [0.3, 0.4) is 0 Å². The molecular formula is C42H26N4O2. The number of benzene rings is 5. The van der Waals surface area contributed by atoms with Crippen LogP contribution >= 0.6 is 0 Å². The van der Waals surface area contributed by atoms with Gasteiger partial charge in [-0.05, 0) is 59.2 Å². The van der Waals surface area contributed by atoms with Crippen molar-refractivity contribution in [2.75, 3.05) is 4.90 Å². The summed E-state index contributed by atoms with van der Waals surface area (Å²) in [6.07, 6.45) is 7.14. The van der Waals surface area contributed by atoms with Gasteiger partial charge in [-0.15, -0.1) is 0 Å². The minimum atomic E-state index is -0.355. The summed E-state index contributed by atoms with van der Waals surface area (Å²) in [4.78, 5) is 38.9. The Morgan fingerprint density at radius 3 is 1.50 bits per heavy atom. The molecule has 8 aromatic rings. The molecule has 0 atom stereocenters. The van der Waals surface area contributed by atoms with Gasteiger partial charge in [0.25, 0.3) is 11.8 Å². The zero-order chi connectivity index (χ0) is 32.2. The van der Waals surface area contributed by atoms with Gasteiger partial charge in [-0.1, -0.05) is 91.0 Å². The number of fused-ring (bicyclic) bond motifs is 4. The van der Waals surface area contributed by atoms with Crippen molar-refractivity contribution in [1.82, 2.24) is 14.5 Å². The number of hydrogen-bond donors (Lipinski definition) is 0. The number of para-hydroxylation sites is 3. The van der Waals surface area contributed by atoms with Gasteiger partial charge in [0.1, 0.15) is 0 Å². The van der Waals surface area contributed by atoms with Crippen LogP contribution in [0.4, 0.5) is 5.69 Å². The molecule has 4 heterocycles. The fraction of sp³-hybridized carbons (Fsp3) is 0. The average molecular weight is 619 g/mol. The average Bonchev–Trinajstić information content (AvgIpc) is 3.63. The van der Waals surface area contributed by atoms with Crippen LogP contribution in [0.1, 0.15) is 20.7 Å². The van der Waals surface area contributed by atoms with E-state index in [-0.39, 0.29) is 11.8 Å². The van der Waals surface area contributed by atoms with Crippen LogP contribution in [0.25, 0.3) is 60.9 Å². The molecule has 5 aromatic carbocycles. The molecule has 2 amide bonds. The number of carbonyl (C=O) groups excluding carboxylic acids is 2. The van der Waals surface area contributed by atoms with Gasteiger partial charge in [0, 0.05) is 52.3 Å². The summed E-state index contributed by atoms with van der Waals surface area (Å²) in [6.45, 7) is 0. The van der Waals surface area contributed by atoms with Crippen molar-refractivity contribution in [1.29, 1.82) is 0 Å². The second kappa shape index (κ2) is 11.0. The van der Waals surface area contributed by atoms with Gasteiger partial charge in [-0.2, -0.15) is 0 Å². The quantitative estimate of drug-likeness (QED) is 0.180. The van der Waals surface area contributed by atoms with Gasteiger partial charge in [0.2, 0.25) is 0 Å². The summed E-state index contributed by atoms with van der Waals surface area (Å²) in [5.74, 6) is -0.698. The highest BCUT2D eigenvalue weighted by Gasteiger charge is 2.40. The molecule has 9 rings (SSSR count). The fourth-order valence-electron chi connectivity index (χ4n) is 7.09. The van der Waals surface area contributed by atoms with E-state index in [1.54, 1.807) is 30.9 Å². The Morgan fingerprint density at radius 1 is 0.396 bits per heavy atom. The van der Waals surface area contributed by atoms with E-state index in [2.05, 4.69) is 50.9 Å². The van der Waals surface area contributed by atoms with Gasteiger partial charge in [-0.25, -0.2) is 4.90 Å². The molecule has 0 fully saturated rings. The third-order valence-electron chi connectivity index (χ3n) is 9.16. The monoisotopic (exact) mass is 618 g/mol. The third kappa shape index (κ3) is 4.13. The standard InChI is InChI=1S/C42H26N4O2/c47-41-35-16-8-18-37(38(35)42(48)46(41)36-17-5-4-11-30(36)27-9-2-1-3-10-27)45-39-31(28-19-23-43-24-20-28)12-6-14-33(39)34-15-7-13-32(40(34)45)29-21-25-44-26-22-29/h1-26H. The molecule has 48 heavy (non-hydrogen) atoms. The van der Waals surface area contributed by atoms with Gasteiger partial charge in [0.05, 0.1) is 33.5 Å². The van der Waals surface area contributed by atoms with E-state index >= 15 is 0 Å². The highest BCUT2D eigenvalue weighted by atomic mass is 16.2. The molecular weight excluding hydrogens is 592 g/mol. The van der Waals surface area contributed by atoms with Gasteiger partial charge < -0.3 is 4.57 Å². The Labute approximate surface area is 276 Å². The summed E-state index contributed by atoms with van der Waals surface area (Å²) in [5.41, 5.74) is 9.55. The van der Waals surface area contributed by atoms with Crippen molar-refractivity contribution in [2.45, 2.75) is 0 Å². The summed E-state index contributed by atoms with van der Waals surface area (Å²) in [5, 5.41) is 2.08. The molecule has 0 radical (unpaired) electrons. The molecule has 226 valence electrons. The molecule has 0 spiro atoms. The van der Waals surface area contributed by atoms with Gasteiger partial charge in [-0.3, -0.25) is 19.6 Å². The van der Waals surface area contributed by atoms with E-state index in [0.717, 1.165) is 55.2 Å². The number of imide groups is 1. The molecule has 0 aliphatic carbocycles. The van der Waals surface area contributed by atoms with Crippen LogP contribution in [0.2, 0.25) is 0 Å². The molecule has 1 aliphatic heterocycles. The lowest BCUT2D eigenvalue weighted by molar-refractivity contribution is 0.0926. The Hall–Kier alpha value is -6.66. The predicted octanol–water partition coefficient (Wildman–Crippen LogP) is 9.38. The van der Waals surface area contributed by atoms with Crippen molar-refractivity contribution in [3.63, 3.8) is 0 Å². The van der Waals surface area contributed by atoms with Crippen LogP contribution in [-0.4, -0.2) is 26.3 Å². The van der Waals surface area contributed by atoms with Crippen molar-refractivity contribution < 1.29 is 9.59 Å². The van der Waals surface area contributed by atoms with Crippen LogP contribution in [-0.2, 0) is 0 Å². The topological polar surface area (TPSA) is 68.1 Å². The van der Waals surface area contributed by atoms with Crippen molar-refractivity contribution in [2.24, 2.45) is 0 Å². The maximum atomic E-state index is 14.8. The lowest BCUT2D eigenvalue weighted by atomic mass is 10.0. The second-order valence-electron chi connectivity index (χ2n) is 11.7. The first-order valence-corrected chi connectivity index (χ1v) is 15.7.